The van der Waals surface area contributed by atoms with Crippen molar-refractivity contribution in [2.75, 3.05) is 15.5 Å². The summed E-state index contributed by atoms with van der Waals surface area (Å²) in [6.45, 7) is 6.48. The molecule has 6 aromatic carbocycles. The van der Waals surface area contributed by atoms with E-state index in [1.54, 1.807) is 0 Å². The van der Waals surface area contributed by atoms with Crippen LogP contribution in [0.2, 0.25) is 0 Å². The van der Waals surface area contributed by atoms with Gasteiger partial charge in [0.1, 0.15) is 0 Å². The molecule has 0 aromatic heterocycles. The fraction of sp³-hybridized carbons (Fsp3) is 0.0769. The van der Waals surface area contributed by atoms with E-state index >= 15 is 0 Å². The van der Waals surface area contributed by atoms with Crippen molar-refractivity contribution in [2.24, 2.45) is 0 Å². The number of nitrogen functional groups attached to an aromatic ring is 1. The third-order valence-electron chi connectivity index (χ3n) is 7.80. The average molecular weight is 546 g/mol. The normalized spacial score (nSPS) is 10.8. The van der Waals surface area contributed by atoms with E-state index in [9.17, 15) is 0 Å². The van der Waals surface area contributed by atoms with Crippen molar-refractivity contribution in [3.05, 3.63) is 162 Å². The molecule has 42 heavy (non-hydrogen) atoms. The minimum absolute atomic E-state index is 0.755. The van der Waals surface area contributed by atoms with Gasteiger partial charge in [0.15, 0.2) is 0 Å². The fourth-order valence-corrected chi connectivity index (χ4v) is 5.51. The molecule has 6 rings (SSSR count). The number of hydrogen-bond donors (Lipinski definition) is 1. The Kier molecular flexibility index (Phi) is 7.49. The van der Waals surface area contributed by atoms with Gasteiger partial charge in [-0.2, -0.15) is 0 Å². The van der Waals surface area contributed by atoms with E-state index in [4.69, 9.17) is 5.73 Å². The third kappa shape index (κ3) is 5.37. The molecule has 0 unspecified atom stereocenters. The summed E-state index contributed by atoms with van der Waals surface area (Å²) < 4.78 is 0. The maximum atomic E-state index is 6.01. The minimum atomic E-state index is 0.755. The lowest BCUT2D eigenvalue weighted by Gasteiger charge is -2.28. The van der Waals surface area contributed by atoms with Crippen LogP contribution >= 0.6 is 0 Å². The topological polar surface area (TPSA) is 32.5 Å². The second-order valence-electron chi connectivity index (χ2n) is 10.7. The van der Waals surface area contributed by atoms with Crippen LogP contribution in [0.3, 0.4) is 0 Å². The van der Waals surface area contributed by atoms with Crippen LogP contribution in [0.1, 0.15) is 16.7 Å². The van der Waals surface area contributed by atoms with Crippen LogP contribution in [0, 0.1) is 20.8 Å². The Morgan fingerprint density at radius 3 is 1.05 bits per heavy atom. The molecule has 206 valence electrons. The molecule has 0 spiro atoms. The Labute approximate surface area is 249 Å². The molecule has 2 N–H and O–H groups in total. The Bertz CT molecular complexity index is 1760. The van der Waals surface area contributed by atoms with E-state index in [0.717, 1.165) is 28.4 Å². The molecule has 0 atom stereocenters. The summed E-state index contributed by atoms with van der Waals surface area (Å²) in [7, 11) is 0. The van der Waals surface area contributed by atoms with Gasteiger partial charge in [0.25, 0.3) is 0 Å². The lowest BCUT2D eigenvalue weighted by Crippen LogP contribution is -2.12. The molecule has 6 aromatic rings. The highest BCUT2D eigenvalue weighted by atomic mass is 15.1. The maximum Gasteiger partial charge on any atom is 0.0490 e. The van der Waals surface area contributed by atoms with Crippen molar-refractivity contribution in [3.63, 3.8) is 0 Å². The van der Waals surface area contributed by atoms with E-state index in [2.05, 4.69) is 164 Å². The van der Waals surface area contributed by atoms with Gasteiger partial charge in [-0.25, -0.2) is 0 Å². The van der Waals surface area contributed by atoms with Gasteiger partial charge in [-0.1, -0.05) is 78.9 Å². The molecule has 0 aliphatic rings. The molecule has 0 aliphatic heterocycles. The smallest absolute Gasteiger partial charge is 0.0490 e. The van der Waals surface area contributed by atoms with Crippen molar-refractivity contribution >= 4 is 39.8 Å². The van der Waals surface area contributed by atoms with Gasteiger partial charge >= 0.3 is 0 Å². The molecule has 0 saturated heterocycles. The first-order valence-corrected chi connectivity index (χ1v) is 14.3. The molecule has 0 amide bonds. The van der Waals surface area contributed by atoms with Crippen LogP contribution < -0.4 is 15.5 Å². The summed E-state index contributed by atoms with van der Waals surface area (Å²) in [5.41, 5.74) is 19.6. The highest BCUT2D eigenvalue weighted by Gasteiger charge is 2.17. The summed E-state index contributed by atoms with van der Waals surface area (Å²) >= 11 is 0. The van der Waals surface area contributed by atoms with Crippen LogP contribution in [0.15, 0.2) is 146 Å². The number of anilines is 7. The van der Waals surface area contributed by atoms with Gasteiger partial charge in [0, 0.05) is 39.8 Å². The zero-order valence-electron chi connectivity index (χ0n) is 24.3. The molecule has 0 heterocycles. The summed E-state index contributed by atoms with van der Waals surface area (Å²) in [6, 6.07) is 51.3. The minimum Gasteiger partial charge on any atom is -0.399 e. The molecule has 0 aliphatic carbocycles. The molecule has 0 fully saturated rings. The summed E-state index contributed by atoms with van der Waals surface area (Å²) in [5.74, 6) is 0. The molecule has 3 nitrogen and oxygen atoms in total. The zero-order valence-corrected chi connectivity index (χ0v) is 24.3. The predicted octanol–water partition coefficient (Wildman–Crippen LogP) is 10.8. The van der Waals surface area contributed by atoms with E-state index in [0.29, 0.717) is 0 Å². The Morgan fingerprint density at radius 1 is 0.357 bits per heavy atom. The van der Waals surface area contributed by atoms with E-state index in [-0.39, 0.29) is 0 Å². The third-order valence-corrected chi connectivity index (χ3v) is 7.80. The van der Waals surface area contributed by atoms with Crippen molar-refractivity contribution in [1.82, 2.24) is 0 Å². The summed E-state index contributed by atoms with van der Waals surface area (Å²) in [4.78, 5) is 4.63. The van der Waals surface area contributed by atoms with E-state index in [1.165, 1.54) is 39.2 Å². The van der Waals surface area contributed by atoms with Crippen molar-refractivity contribution in [3.8, 4) is 11.1 Å². The second-order valence-corrected chi connectivity index (χ2v) is 10.7. The fourth-order valence-electron chi connectivity index (χ4n) is 5.51. The van der Waals surface area contributed by atoms with Crippen LogP contribution in [-0.2, 0) is 0 Å². The quantitative estimate of drug-likeness (QED) is 0.203. The SMILES string of the molecule is Cc1ccccc1N(c1ccc(N)cc1)c1ccc(-c2ccc(N(c3ccccc3C)c3ccccc3C)cc2)cc1. The Balaban J connectivity index is 1.35. The molecular formula is C39H35N3. The first kappa shape index (κ1) is 26.9. The van der Waals surface area contributed by atoms with Crippen molar-refractivity contribution in [1.29, 1.82) is 0 Å². The van der Waals surface area contributed by atoms with Gasteiger partial charge in [-0.05, 0) is 115 Å². The first-order valence-electron chi connectivity index (χ1n) is 14.3. The van der Waals surface area contributed by atoms with Crippen LogP contribution in [0.25, 0.3) is 11.1 Å². The number of benzene rings is 6. The van der Waals surface area contributed by atoms with E-state index in [1.807, 2.05) is 12.1 Å². The monoisotopic (exact) mass is 545 g/mol. The van der Waals surface area contributed by atoms with Crippen molar-refractivity contribution in [2.45, 2.75) is 20.8 Å². The summed E-state index contributed by atoms with van der Waals surface area (Å²) in [6.07, 6.45) is 0. The van der Waals surface area contributed by atoms with Gasteiger partial charge in [-0.15, -0.1) is 0 Å². The number of nitrogens with two attached hydrogens (primary N) is 1. The van der Waals surface area contributed by atoms with Crippen LogP contribution in [-0.4, -0.2) is 0 Å². The lowest BCUT2D eigenvalue weighted by atomic mass is 10.0. The second kappa shape index (κ2) is 11.7. The van der Waals surface area contributed by atoms with Gasteiger partial charge in [-0.3, -0.25) is 0 Å². The first-order chi connectivity index (χ1) is 20.5. The summed E-state index contributed by atoms with van der Waals surface area (Å²) in [5, 5.41) is 0. The average Bonchev–Trinajstić information content (AvgIpc) is 3.02. The zero-order chi connectivity index (χ0) is 29.1. The maximum absolute atomic E-state index is 6.01. The van der Waals surface area contributed by atoms with Gasteiger partial charge < -0.3 is 15.5 Å². The highest BCUT2D eigenvalue weighted by molar-refractivity contribution is 5.83. The molecule has 0 saturated carbocycles. The predicted molar refractivity (Wildman–Crippen MR) is 180 cm³/mol. The molecular weight excluding hydrogens is 510 g/mol. The molecule has 3 heteroatoms. The Hall–Kier alpha value is -5.28. The number of rotatable bonds is 7. The number of aryl methyl sites for hydroxylation is 3. The lowest BCUT2D eigenvalue weighted by molar-refractivity contribution is 1.23. The van der Waals surface area contributed by atoms with Crippen LogP contribution in [0.5, 0.6) is 0 Å². The number of hydrogen-bond acceptors (Lipinski definition) is 3. The van der Waals surface area contributed by atoms with Crippen LogP contribution in [0.4, 0.5) is 39.8 Å². The van der Waals surface area contributed by atoms with Gasteiger partial charge in [0.2, 0.25) is 0 Å². The van der Waals surface area contributed by atoms with Gasteiger partial charge in [0.05, 0.1) is 0 Å². The highest BCUT2D eigenvalue weighted by Crippen LogP contribution is 2.40. The van der Waals surface area contributed by atoms with E-state index < -0.39 is 0 Å². The standard InChI is InChI=1S/C39H35N3/c1-28-10-4-7-13-37(28)41(35-26-20-33(40)21-27-35)34-22-16-31(17-23-34)32-18-24-36(25-19-32)42(38-14-8-5-11-29(38)2)39-15-9-6-12-30(39)3/h4-27H,40H2,1-3H3. The van der Waals surface area contributed by atoms with Crippen molar-refractivity contribution < 1.29 is 0 Å². The largest absolute Gasteiger partial charge is 0.399 e. The number of para-hydroxylation sites is 3. The molecule has 0 radical (unpaired) electrons. The molecule has 0 bridgehead atoms. The number of nitrogens with zero attached hydrogens (tertiary/aromatic N) is 2. The Morgan fingerprint density at radius 2 is 0.667 bits per heavy atom.